The van der Waals surface area contributed by atoms with Crippen molar-refractivity contribution in [2.24, 2.45) is 10.9 Å². The van der Waals surface area contributed by atoms with Gasteiger partial charge in [-0.05, 0) is 12.1 Å². The second-order valence-corrected chi connectivity index (χ2v) is 3.50. The van der Waals surface area contributed by atoms with Gasteiger partial charge in [-0.1, -0.05) is 23.2 Å². The van der Waals surface area contributed by atoms with Gasteiger partial charge in [-0.2, -0.15) is 5.10 Å². The van der Waals surface area contributed by atoms with E-state index in [1.54, 1.807) is 12.1 Å². The zero-order valence-electron chi connectivity index (χ0n) is 6.84. The van der Waals surface area contributed by atoms with Crippen molar-refractivity contribution in [3.8, 4) is 0 Å². The Morgan fingerprint density at radius 1 is 1.36 bits per heavy atom. The number of hydrogen-bond acceptors (Lipinski definition) is 3. The highest BCUT2D eigenvalue weighted by atomic mass is 35.5. The zero-order chi connectivity index (χ0) is 10.3. The first kappa shape index (κ1) is 9.30. The molecule has 0 bridgehead atoms. The molecule has 0 radical (unpaired) electrons. The first-order chi connectivity index (χ1) is 6.65. The molecule has 1 aliphatic rings. The number of hydrogen-bond donors (Lipinski definition) is 2. The van der Waals surface area contributed by atoms with E-state index in [-0.39, 0.29) is 16.6 Å². The highest BCUT2D eigenvalue weighted by Crippen LogP contribution is 2.35. The van der Waals surface area contributed by atoms with Gasteiger partial charge in [-0.3, -0.25) is 4.79 Å². The van der Waals surface area contributed by atoms with Crippen LogP contribution in [-0.2, 0) is 4.79 Å². The molecule has 1 amide bonds. The van der Waals surface area contributed by atoms with Crippen LogP contribution in [0, 0.1) is 0 Å². The number of nitrogens with zero attached hydrogens (tertiary/aromatic N) is 1. The normalized spacial score (nSPS) is 17.0. The summed E-state index contributed by atoms with van der Waals surface area (Å²) < 4.78 is 0. The predicted molar refractivity (Wildman–Crippen MR) is 55.8 cm³/mol. The third-order valence-electron chi connectivity index (χ3n) is 1.92. The number of amides is 1. The summed E-state index contributed by atoms with van der Waals surface area (Å²) in [7, 11) is 0. The third kappa shape index (κ3) is 1.15. The molecular weight excluding hydrogens is 225 g/mol. The molecule has 14 heavy (non-hydrogen) atoms. The van der Waals surface area contributed by atoms with Crippen molar-refractivity contribution in [3.05, 3.63) is 27.7 Å². The smallest absolute Gasteiger partial charge is 0.276 e. The molecule has 6 heteroatoms. The van der Waals surface area contributed by atoms with Crippen molar-refractivity contribution in [2.75, 3.05) is 5.32 Å². The molecule has 0 aromatic heterocycles. The number of benzene rings is 1. The van der Waals surface area contributed by atoms with E-state index in [1.165, 1.54) is 0 Å². The van der Waals surface area contributed by atoms with E-state index in [1.807, 2.05) is 0 Å². The van der Waals surface area contributed by atoms with Gasteiger partial charge in [0.25, 0.3) is 5.91 Å². The minimum atomic E-state index is -0.369. The Morgan fingerprint density at radius 3 is 2.71 bits per heavy atom. The summed E-state index contributed by atoms with van der Waals surface area (Å²) in [6.07, 6.45) is 0. The standard InChI is InChI=1S/C8H5Cl2N3O/c9-3-1-2-4-5(6(3)10)7(13-11)8(14)12-4/h1-2H,11H2,(H,12,13,14). The first-order valence-corrected chi connectivity index (χ1v) is 4.48. The molecule has 0 unspecified atom stereocenters. The topological polar surface area (TPSA) is 67.5 Å². The Bertz CT molecular complexity index is 456. The first-order valence-electron chi connectivity index (χ1n) is 3.72. The third-order valence-corrected chi connectivity index (χ3v) is 2.73. The maximum atomic E-state index is 11.3. The number of rotatable bonds is 0. The van der Waals surface area contributed by atoms with E-state index < -0.39 is 0 Å². The van der Waals surface area contributed by atoms with Gasteiger partial charge >= 0.3 is 0 Å². The molecule has 1 aromatic carbocycles. The molecule has 0 spiro atoms. The number of carbonyl (C=O) groups is 1. The molecule has 0 saturated carbocycles. The van der Waals surface area contributed by atoms with Crippen molar-refractivity contribution in [3.63, 3.8) is 0 Å². The highest BCUT2D eigenvalue weighted by Gasteiger charge is 2.29. The van der Waals surface area contributed by atoms with E-state index in [2.05, 4.69) is 10.4 Å². The second-order valence-electron chi connectivity index (χ2n) is 2.72. The van der Waals surface area contributed by atoms with Crippen molar-refractivity contribution in [1.29, 1.82) is 0 Å². The number of halogens is 2. The van der Waals surface area contributed by atoms with Crippen molar-refractivity contribution in [2.45, 2.75) is 0 Å². The van der Waals surface area contributed by atoms with Gasteiger partial charge in [0.1, 0.15) is 0 Å². The summed E-state index contributed by atoms with van der Waals surface area (Å²) in [5.41, 5.74) is 1.15. The fraction of sp³-hybridized carbons (Fsp3) is 0. The largest absolute Gasteiger partial charge is 0.322 e. The molecule has 0 atom stereocenters. The summed E-state index contributed by atoms with van der Waals surface area (Å²) in [5.74, 6) is 4.71. The van der Waals surface area contributed by atoms with Crippen molar-refractivity contribution in [1.82, 2.24) is 0 Å². The van der Waals surface area contributed by atoms with E-state index in [9.17, 15) is 4.79 Å². The minimum absolute atomic E-state index is 0.104. The van der Waals surface area contributed by atoms with Gasteiger partial charge in [-0.15, -0.1) is 0 Å². The molecule has 1 aromatic rings. The minimum Gasteiger partial charge on any atom is -0.322 e. The number of carbonyl (C=O) groups excluding carboxylic acids is 1. The number of fused-ring (bicyclic) bond motifs is 1. The van der Waals surface area contributed by atoms with Crippen LogP contribution in [0.25, 0.3) is 0 Å². The number of hydrazone groups is 1. The van der Waals surface area contributed by atoms with E-state index >= 15 is 0 Å². The van der Waals surface area contributed by atoms with Gasteiger partial charge in [0.15, 0.2) is 5.71 Å². The molecule has 0 aliphatic carbocycles. The van der Waals surface area contributed by atoms with E-state index in [4.69, 9.17) is 29.0 Å². The summed E-state index contributed by atoms with van der Waals surface area (Å²) in [5, 5.41) is 6.59. The van der Waals surface area contributed by atoms with Gasteiger partial charge in [0.05, 0.1) is 21.3 Å². The van der Waals surface area contributed by atoms with Crippen LogP contribution in [0.15, 0.2) is 17.2 Å². The van der Waals surface area contributed by atoms with Gasteiger partial charge in [-0.25, -0.2) is 0 Å². The lowest BCUT2D eigenvalue weighted by Gasteiger charge is -2.01. The van der Waals surface area contributed by atoms with Crippen LogP contribution in [0.3, 0.4) is 0 Å². The average Bonchev–Trinajstić information content (AvgIpc) is 2.48. The Labute approximate surface area is 89.7 Å². The Kier molecular flexibility index (Phi) is 2.09. The Hall–Kier alpha value is -1.26. The van der Waals surface area contributed by atoms with Crippen LogP contribution in [0.1, 0.15) is 5.56 Å². The van der Waals surface area contributed by atoms with Crippen LogP contribution >= 0.6 is 23.2 Å². The van der Waals surface area contributed by atoms with Crippen molar-refractivity contribution < 1.29 is 4.79 Å². The van der Waals surface area contributed by atoms with Gasteiger partial charge < -0.3 is 11.2 Å². The summed E-state index contributed by atoms with van der Waals surface area (Å²) in [6, 6.07) is 3.25. The lowest BCUT2D eigenvalue weighted by Crippen LogP contribution is -2.16. The van der Waals surface area contributed by atoms with Crippen LogP contribution in [-0.4, -0.2) is 11.6 Å². The summed E-state index contributed by atoms with van der Waals surface area (Å²) in [4.78, 5) is 11.3. The molecule has 4 nitrogen and oxygen atoms in total. The Morgan fingerprint density at radius 2 is 2.07 bits per heavy atom. The highest BCUT2D eigenvalue weighted by molar-refractivity contribution is 6.57. The molecule has 0 saturated heterocycles. The molecule has 0 fully saturated rings. The lowest BCUT2D eigenvalue weighted by molar-refractivity contribution is -0.110. The molecule has 72 valence electrons. The zero-order valence-corrected chi connectivity index (χ0v) is 8.36. The summed E-state index contributed by atoms with van der Waals surface area (Å²) in [6.45, 7) is 0. The SMILES string of the molecule is N/N=C1\C(=O)Nc2ccc(Cl)c(Cl)c21. The summed E-state index contributed by atoms with van der Waals surface area (Å²) >= 11 is 11.7. The number of nitrogens with two attached hydrogens (primary N) is 1. The fourth-order valence-electron chi connectivity index (χ4n) is 1.30. The molecule has 3 N–H and O–H groups in total. The maximum Gasteiger partial charge on any atom is 0.276 e. The van der Waals surface area contributed by atoms with Crippen LogP contribution in [0.5, 0.6) is 0 Å². The maximum absolute atomic E-state index is 11.3. The number of nitrogens with one attached hydrogen (secondary N) is 1. The van der Waals surface area contributed by atoms with Gasteiger partial charge in [0, 0.05) is 0 Å². The molecule has 1 aliphatic heterocycles. The van der Waals surface area contributed by atoms with Crippen molar-refractivity contribution >= 4 is 40.5 Å². The fourth-order valence-corrected chi connectivity index (χ4v) is 1.72. The van der Waals surface area contributed by atoms with Crippen LogP contribution in [0.4, 0.5) is 5.69 Å². The number of anilines is 1. The predicted octanol–water partition coefficient (Wildman–Crippen LogP) is 1.61. The lowest BCUT2D eigenvalue weighted by atomic mass is 10.1. The van der Waals surface area contributed by atoms with Crippen LogP contribution < -0.4 is 11.2 Å². The van der Waals surface area contributed by atoms with Gasteiger partial charge in [0.2, 0.25) is 0 Å². The van der Waals surface area contributed by atoms with E-state index in [0.29, 0.717) is 16.3 Å². The monoisotopic (exact) mass is 229 g/mol. The second kappa shape index (κ2) is 3.15. The Balaban J connectivity index is 2.73. The average molecular weight is 230 g/mol. The quantitative estimate of drug-likeness (QED) is 0.525. The molecular formula is C8H5Cl2N3O. The molecule has 1 heterocycles. The van der Waals surface area contributed by atoms with E-state index in [0.717, 1.165) is 0 Å². The molecule has 2 rings (SSSR count). The van der Waals surface area contributed by atoms with Crippen LogP contribution in [0.2, 0.25) is 10.0 Å².